The van der Waals surface area contributed by atoms with Crippen molar-refractivity contribution in [2.24, 2.45) is 11.8 Å². The molecule has 0 aromatic rings. The van der Waals surface area contributed by atoms with E-state index in [-0.39, 0.29) is 56.9 Å². The molecule has 390 valence electrons. The van der Waals surface area contributed by atoms with Gasteiger partial charge in [0.05, 0.1) is 25.2 Å². The molecule has 0 heterocycles. The quantitative estimate of drug-likeness (QED) is 0.0329. The highest BCUT2D eigenvalue weighted by Crippen LogP contribution is 2.36. The van der Waals surface area contributed by atoms with Crippen molar-refractivity contribution in [2.75, 3.05) is 59.3 Å². The minimum atomic E-state index is -0.780. The Balaban J connectivity index is 0.00000421. The highest BCUT2D eigenvalue weighted by atomic mass is 16.7. The molecule has 0 saturated heterocycles. The highest BCUT2D eigenvalue weighted by molar-refractivity contribution is 5.70. The number of rotatable bonds is 47. The van der Waals surface area contributed by atoms with Gasteiger partial charge in [0.25, 0.3) is 0 Å². The first-order chi connectivity index (χ1) is 32.2. The molecule has 0 N–H and O–H groups in total. The van der Waals surface area contributed by atoms with Crippen LogP contribution < -0.4 is 0 Å². The van der Waals surface area contributed by atoms with E-state index in [2.05, 4.69) is 46.4 Å². The normalized spacial score (nSPS) is 13.1. The standard InChI is InChI=1S/C46H85NO10.C9H20/c1-5-9-11-13-21-24-34-52-42(41-29-30-41)31-32-45(50)56-38-40(39-57-46(51)54-36-26-33-47(7-3)8-4)37-55-44(49)28-23-19-17-15-14-16-18-22-27-43(48)53-35-25-20-12-10-6-2;1-3-5-7-9-8-6-4-2/h40-42H,5-39H2,1-4H3;3-9H2,1-2H3. The van der Waals surface area contributed by atoms with E-state index >= 15 is 0 Å². The van der Waals surface area contributed by atoms with E-state index in [1.165, 1.54) is 96.3 Å². The van der Waals surface area contributed by atoms with Gasteiger partial charge in [-0.2, -0.15) is 0 Å². The van der Waals surface area contributed by atoms with Crippen LogP contribution in [0.5, 0.6) is 0 Å². The molecule has 1 saturated carbocycles. The van der Waals surface area contributed by atoms with Gasteiger partial charge in [-0.25, -0.2) is 4.79 Å². The average molecular weight is 940 g/mol. The lowest BCUT2D eigenvalue weighted by atomic mass is 10.1. The van der Waals surface area contributed by atoms with Crippen molar-refractivity contribution in [3.8, 4) is 0 Å². The Hall–Kier alpha value is -2.40. The van der Waals surface area contributed by atoms with E-state index in [0.717, 1.165) is 110 Å². The molecular formula is C55H105NO10. The Kier molecular flexibility index (Phi) is 47.3. The molecule has 1 fully saturated rings. The fourth-order valence-corrected chi connectivity index (χ4v) is 7.82. The van der Waals surface area contributed by atoms with Crippen LogP contribution in [0.25, 0.3) is 0 Å². The van der Waals surface area contributed by atoms with Crippen LogP contribution in [0.2, 0.25) is 0 Å². The number of carbonyl (C=O) groups is 4. The zero-order chi connectivity index (χ0) is 48.6. The van der Waals surface area contributed by atoms with E-state index in [0.29, 0.717) is 38.2 Å². The van der Waals surface area contributed by atoms with Gasteiger partial charge in [-0.1, -0.05) is 183 Å². The maximum atomic E-state index is 12.8. The molecule has 0 spiro atoms. The molecule has 0 aliphatic heterocycles. The van der Waals surface area contributed by atoms with Crippen LogP contribution in [-0.4, -0.2) is 94.3 Å². The Morgan fingerprint density at radius 3 is 1.29 bits per heavy atom. The lowest BCUT2D eigenvalue weighted by Crippen LogP contribution is -2.27. The minimum Gasteiger partial charge on any atom is -0.466 e. The third-order valence-corrected chi connectivity index (χ3v) is 12.5. The summed E-state index contributed by atoms with van der Waals surface area (Å²) >= 11 is 0. The molecule has 1 aliphatic carbocycles. The molecule has 11 nitrogen and oxygen atoms in total. The van der Waals surface area contributed by atoms with Crippen LogP contribution in [0.3, 0.4) is 0 Å². The van der Waals surface area contributed by atoms with Crippen molar-refractivity contribution in [2.45, 2.75) is 260 Å². The van der Waals surface area contributed by atoms with Gasteiger partial charge in [-0.3, -0.25) is 14.4 Å². The molecule has 0 aromatic carbocycles. The fourth-order valence-electron chi connectivity index (χ4n) is 7.82. The summed E-state index contributed by atoms with van der Waals surface area (Å²) in [6.45, 7) is 17.3. The first-order valence-corrected chi connectivity index (χ1v) is 27.8. The molecule has 0 bridgehead atoms. The summed E-state index contributed by atoms with van der Waals surface area (Å²) in [6.07, 6.45) is 35.0. The third kappa shape index (κ3) is 44.1. The second-order valence-corrected chi connectivity index (χ2v) is 18.8. The van der Waals surface area contributed by atoms with Crippen LogP contribution in [0.15, 0.2) is 0 Å². The predicted molar refractivity (Wildman–Crippen MR) is 270 cm³/mol. The molecule has 0 radical (unpaired) electrons. The number of unbranched alkanes of at least 4 members (excludes halogenated alkanes) is 22. The van der Waals surface area contributed by atoms with Crippen LogP contribution >= 0.6 is 0 Å². The van der Waals surface area contributed by atoms with E-state index in [9.17, 15) is 19.2 Å². The van der Waals surface area contributed by atoms with E-state index in [4.69, 9.17) is 28.4 Å². The van der Waals surface area contributed by atoms with Crippen LogP contribution in [0, 0.1) is 11.8 Å². The molecule has 66 heavy (non-hydrogen) atoms. The molecule has 0 aromatic heterocycles. The Bertz CT molecular complexity index is 1090. The Morgan fingerprint density at radius 2 is 0.818 bits per heavy atom. The first kappa shape index (κ1) is 63.6. The largest absolute Gasteiger partial charge is 0.508 e. The second kappa shape index (κ2) is 49.0. The van der Waals surface area contributed by atoms with E-state index in [1.54, 1.807) is 0 Å². The maximum Gasteiger partial charge on any atom is 0.508 e. The van der Waals surface area contributed by atoms with Crippen LogP contribution in [0.1, 0.15) is 253 Å². The molecule has 11 heteroatoms. The topological polar surface area (TPSA) is 127 Å². The van der Waals surface area contributed by atoms with Crippen LogP contribution in [-0.2, 0) is 42.8 Å². The molecule has 2 unspecified atom stereocenters. The van der Waals surface area contributed by atoms with Crippen molar-refractivity contribution in [3.05, 3.63) is 0 Å². The monoisotopic (exact) mass is 940 g/mol. The highest BCUT2D eigenvalue weighted by Gasteiger charge is 2.32. The summed E-state index contributed by atoms with van der Waals surface area (Å²) in [6, 6.07) is 0. The van der Waals surface area contributed by atoms with Gasteiger partial charge in [0.1, 0.15) is 19.8 Å². The maximum absolute atomic E-state index is 12.8. The number of esters is 3. The lowest BCUT2D eigenvalue weighted by Gasteiger charge is -2.19. The van der Waals surface area contributed by atoms with Gasteiger partial charge >= 0.3 is 24.1 Å². The van der Waals surface area contributed by atoms with E-state index in [1.807, 2.05) is 0 Å². The number of nitrogens with zero attached hydrogens (tertiary/aromatic N) is 1. The number of carbonyl (C=O) groups excluding carboxylic acids is 4. The number of hydrogen-bond donors (Lipinski definition) is 0. The smallest absolute Gasteiger partial charge is 0.466 e. The van der Waals surface area contributed by atoms with Crippen molar-refractivity contribution >= 4 is 24.1 Å². The van der Waals surface area contributed by atoms with E-state index < -0.39 is 12.1 Å². The zero-order valence-electron chi connectivity index (χ0n) is 44.0. The Labute approximate surface area is 406 Å². The molecule has 1 rings (SSSR count). The van der Waals surface area contributed by atoms with Crippen LogP contribution in [0.4, 0.5) is 4.79 Å². The third-order valence-electron chi connectivity index (χ3n) is 12.5. The van der Waals surface area contributed by atoms with Gasteiger partial charge in [0.2, 0.25) is 0 Å². The van der Waals surface area contributed by atoms with Gasteiger partial charge in [0.15, 0.2) is 0 Å². The van der Waals surface area contributed by atoms with Gasteiger partial charge in [-0.15, -0.1) is 0 Å². The van der Waals surface area contributed by atoms with Gasteiger partial charge in [0, 0.05) is 32.4 Å². The summed E-state index contributed by atoms with van der Waals surface area (Å²) in [5.41, 5.74) is 0. The van der Waals surface area contributed by atoms with Crippen molar-refractivity contribution in [3.63, 3.8) is 0 Å². The average Bonchev–Trinajstić information content (AvgIpc) is 4.17. The van der Waals surface area contributed by atoms with Gasteiger partial charge in [-0.05, 0) is 70.4 Å². The summed E-state index contributed by atoms with van der Waals surface area (Å²) in [4.78, 5) is 51.8. The van der Waals surface area contributed by atoms with Crippen molar-refractivity contribution < 1.29 is 47.6 Å². The fraction of sp³-hybridized carbons (Fsp3) is 0.927. The number of ether oxygens (including phenoxy) is 6. The molecular weight excluding hydrogens is 835 g/mol. The molecule has 1 aliphatic rings. The summed E-state index contributed by atoms with van der Waals surface area (Å²) < 4.78 is 33.3. The minimum absolute atomic E-state index is 0.0140. The second-order valence-electron chi connectivity index (χ2n) is 18.8. The summed E-state index contributed by atoms with van der Waals surface area (Å²) in [5.74, 6) is -0.687. The Morgan fingerprint density at radius 1 is 0.424 bits per heavy atom. The predicted octanol–water partition coefficient (Wildman–Crippen LogP) is 14.7. The lowest BCUT2D eigenvalue weighted by molar-refractivity contribution is -0.150. The SMILES string of the molecule is CCCCCCCCC.CCCCCCCCOC(CCC(=O)OCC(COC(=O)CCCCCCCCCCC(=O)OCCCCCCC)COC(=O)OCCCN(CC)CC)C1CC1. The summed E-state index contributed by atoms with van der Waals surface area (Å²) in [7, 11) is 0. The first-order valence-electron chi connectivity index (χ1n) is 27.8. The summed E-state index contributed by atoms with van der Waals surface area (Å²) in [5, 5.41) is 0. The molecule has 0 amide bonds. The van der Waals surface area contributed by atoms with Crippen molar-refractivity contribution in [1.29, 1.82) is 0 Å². The van der Waals surface area contributed by atoms with Gasteiger partial charge < -0.3 is 33.3 Å². The van der Waals surface area contributed by atoms with Crippen molar-refractivity contribution in [1.82, 2.24) is 4.90 Å². The number of hydrogen-bond acceptors (Lipinski definition) is 11. The molecule has 2 atom stereocenters. The zero-order valence-corrected chi connectivity index (χ0v) is 44.0.